The number of carbonyl (C=O) groups is 2. The largest absolute Gasteiger partial charge is 0.445 e. The van der Waals surface area contributed by atoms with Gasteiger partial charge in [-0.15, -0.1) is 0 Å². The minimum absolute atomic E-state index is 0.0388. The van der Waals surface area contributed by atoms with Crippen LogP contribution in [-0.4, -0.2) is 60.2 Å². The van der Waals surface area contributed by atoms with Crippen molar-refractivity contribution >= 4 is 12.0 Å². The van der Waals surface area contributed by atoms with Gasteiger partial charge in [-0.3, -0.25) is 9.69 Å². The quantitative estimate of drug-likeness (QED) is 0.825. The van der Waals surface area contributed by atoms with E-state index in [-0.39, 0.29) is 31.2 Å². The van der Waals surface area contributed by atoms with Crippen LogP contribution in [0.4, 0.5) is 4.79 Å². The Bertz CT molecular complexity index is 548. The second-order valence-electron chi connectivity index (χ2n) is 5.65. The van der Waals surface area contributed by atoms with Gasteiger partial charge in [-0.05, 0) is 12.5 Å². The van der Waals surface area contributed by atoms with Crippen LogP contribution >= 0.6 is 0 Å². The number of amides is 2. The molecule has 1 aromatic rings. The van der Waals surface area contributed by atoms with Gasteiger partial charge in [0.2, 0.25) is 5.91 Å². The van der Waals surface area contributed by atoms with E-state index >= 15 is 0 Å². The molecule has 0 radical (unpaired) electrons. The zero-order valence-electron chi connectivity index (χ0n) is 12.6. The first-order valence-electron chi connectivity index (χ1n) is 7.52. The van der Waals surface area contributed by atoms with E-state index in [4.69, 9.17) is 9.47 Å². The third-order valence-corrected chi connectivity index (χ3v) is 4.17. The summed E-state index contributed by atoms with van der Waals surface area (Å²) in [5, 5.41) is 0. The van der Waals surface area contributed by atoms with Crippen molar-refractivity contribution in [3.05, 3.63) is 35.9 Å². The van der Waals surface area contributed by atoms with Gasteiger partial charge in [0.05, 0.1) is 18.8 Å². The maximum atomic E-state index is 12.2. The van der Waals surface area contributed by atoms with Crippen LogP contribution in [0, 0.1) is 0 Å². The number of hydrogen-bond acceptors (Lipinski definition) is 4. The Balaban J connectivity index is 1.60. The van der Waals surface area contributed by atoms with E-state index in [0.29, 0.717) is 19.7 Å². The molecule has 0 bridgehead atoms. The Morgan fingerprint density at radius 1 is 1.36 bits per heavy atom. The highest BCUT2D eigenvalue weighted by Gasteiger charge is 2.40. The minimum Gasteiger partial charge on any atom is -0.445 e. The van der Waals surface area contributed by atoms with Crippen molar-refractivity contribution in [2.45, 2.75) is 25.7 Å². The number of rotatable bonds is 2. The van der Waals surface area contributed by atoms with Crippen LogP contribution in [0.2, 0.25) is 0 Å². The molecule has 2 aliphatic heterocycles. The van der Waals surface area contributed by atoms with Crippen LogP contribution in [0.3, 0.4) is 0 Å². The molecule has 118 valence electrons. The monoisotopic (exact) mass is 304 g/mol. The van der Waals surface area contributed by atoms with Crippen molar-refractivity contribution in [1.82, 2.24) is 9.80 Å². The van der Waals surface area contributed by atoms with Gasteiger partial charge in [0.15, 0.2) is 0 Å². The number of nitrogens with zero attached hydrogens (tertiary/aromatic N) is 2. The molecule has 2 saturated heterocycles. The molecule has 3 rings (SSSR count). The van der Waals surface area contributed by atoms with Crippen LogP contribution in [-0.2, 0) is 20.9 Å². The molecule has 0 saturated carbocycles. The Labute approximate surface area is 129 Å². The molecule has 6 heteroatoms. The molecule has 2 heterocycles. The number of piperazine rings is 1. The number of fused-ring (bicyclic) bond motifs is 1. The maximum absolute atomic E-state index is 12.2. The molecule has 2 atom stereocenters. The van der Waals surface area contributed by atoms with Crippen LogP contribution < -0.4 is 0 Å². The first kappa shape index (κ1) is 14.8. The van der Waals surface area contributed by atoms with Gasteiger partial charge >= 0.3 is 6.09 Å². The highest BCUT2D eigenvalue weighted by atomic mass is 16.6. The fourth-order valence-electron chi connectivity index (χ4n) is 2.92. The van der Waals surface area contributed by atoms with Crippen molar-refractivity contribution in [1.29, 1.82) is 0 Å². The molecular weight excluding hydrogens is 284 g/mol. The van der Waals surface area contributed by atoms with E-state index < -0.39 is 6.09 Å². The molecule has 2 unspecified atom stereocenters. The van der Waals surface area contributed by atoms with Gasteiger partial charge in [-0.25, -0.2) is 4.79 Å². The Morgan fingerprint density at radius 2 is 2.14 bits per heavy atom. The number of benzene rings is 1. The molecule has 2 aliphatic rings. The van der Waals surface area contributed by atoms with Crippen molar-refractivity contribution < 1.29 is 19.1 Å². The van der Waals surface area contributed by atoms with Gasteiger partial charge in [0.1, 0.15) is 13.2 Å². The van der Waals surface area contributed by atoms with E-state index in [9.17, 15) is 9.59 Å². The number of carbonyl (C=O) groups excluding carboxylic acids is 2. The molecule has 0 aliphatic carbocycles. The van der Waals surface area contributed by atoms with Crippen LogP contribution in [0.1, 0.15) is 12.5 Å². The van der Waals surface area contributed by atoms with Gasteiger partial charge in [-0.2, -0.15) is 0 Å². The van der Waals surface area contributed by atoms with E-state index in [2.05, 4.69) is 0 Å². The summed E-state index contributed by atoms with van der Waals surface area (Å²) >= 11 is 0. The fraction of sp³-hybridized carbons (Fsp3) is 0.500. The molecule has 0 N–H and O–H groups in total. The molecule has 1 aromatic carbocycles. The molecule has 6 nitrogen and oxygen atoms in total. The predicted octanol–water partition coefficient (Wildman–Crippen LogP) is 1.25. The van der Waals surface area contributed by atoms with Crippen molar-refractivity contribution in [2.75, 3.05) is 26.2 Å². The predicted molar refractivity (Wildman–Crippen MR) is 79.1 cm³/mol. The van der Waals surface area contributed by atoms with Gasteiger partial charge in [0, 0.05) is 13.1 Å². The summed E-state index contributed by atoms with van der Waals surface area (Å²) in [4.78, 5) is 27.7. The lowest BCUT2D eigenvalue weighted by Crippen LogP contribution is -2.64. The van der Waals surface area contributed by atoms with Gasteiger partial charge in [-0.1, -0.05) is 30.3 Å². The van der Waals surface area contributed by atoms with Crippen molar-refractivity contribution in [3.63, 3.8) is 0 Å². The summed E-state index contributed by atoms with van der Waals surface area (Å²) in [5.74, 6) is -0.0388. The summed E-state index contributed by atoms with van der Waals surface area (Å²) in [6, 6.07) is 9.41. The summed E-state index contributed by atoms with van der Waals surface area (Å²) in [5.41, 5.74) is 0.926. The maximum Gasteiger partial charge on any atom is 0.410 e. The first-order chi connectivity index (χ1) is 10.6. The van der Waals surface area contributed by atoms with E-state index in [0.717, 1.165) is 5.56 Å². The third kappa shape index (κ3) is 3.06. The second kappa shape index (κ2) is 6.36. The number of hydrogen-bond donors (Lipinski definition) is 0. The lowest BCUT2D eigenvalue weighted by Gasteiger charge is -2.45. The standard InChI is InChI=1S/C16H20N2O4/c1-12-14-9-17(10-15(19)18(14)7-8-21-12)16(20)22-11-13-5-3-2-4-6-13/h2-6,12,14H,7-11H2,1H3. The molecule has 0 spiro atoms. The van der Waals surface area contributed by atoms with E-state index in [1.54, 1.807) is 0 Å². The zero-order valence-corrected chi connectivity index (χ0v) is 12.6. The van der Waals surface area contributed by atoms with Crippen LogP contribution in [0.15, 0.2) is 30.3 Å². The second-order valence-corrected chi connectivity index (χ2v) is 5.65. The summed E-state index contributed by atoms with van der Waals surface area (Å²) < 4.78 is 10.9. The molecule has 2 amide bonds. The number of ether oxygens (including phenoxy) is 2. The van der Waals surface area contributed by atoms with E-state index in [1.807, 2.05) is 42.2 Å². The molecule has 2 fully saturated rings. The Morgan fingerprint density at radius 3 is 2.91 bits per heavy atom. The van der Waals surface area contributed by atoms with Crippen LogP contribution in [0.5, 0.6) is 0 Å². The number of morpholine rings is 1. The highest BCUT2D eigenvalue weighted by molar-refractivity contribution is 5.84. The summed E-state index contributed by atoms with van der Waals surface area (Å²) in [7, 11) is 0. The third-order valence-electron chi connectivity index (χ3n) is 4.17. The van der Waals surface area contributed by atoms with Crippen molar-refractivity contribution in [3.8, 4) is 0 Å². The lowest BCUT2D eigenvalue weighted by molar-refractivity contribution is -0.154. The average molecular weight is 304 g/mol. The smallest absolute Gasteiger partial charge is 0.410 e. The summed E-state index contributed by atoms with van der Waals surface area (Å²) in [6.07, 6.45) is -0.517. The summed E-state index contributed by atoms with van der Waals surface area (Å²) in [6.45, 7) is 3.84. The zero-order chi connectivity index (χ0) is 15.5. The van der Waals surface area contributed by atoms with Gasteiger partial charge < -0.3 is 14.4 Å². The fourth-order valence-corrected chi connectivity index (χ4v) is 2.92. The molecule has 0 aromatic heterocycles. The Hall–Kier alpha value is -2.08. The normalized spacial score (nSPS) is 24.9. The highest BCUT2D eigenvalue weighted by Crippen LogP contribution is 2.20. The molecule has 22 heavy (non-hydrogen) atoms. The van der Waals surface area contributed by atoms with E-state index in [1.165, 1.54) is 4.90 Å². The van der Waals surface area contributed by atoms with Crippen molar-refractivity contribution in [2.24, 2.45) is 0 Å². The topological polar surface area (TPSA) is 59.1 Å². The lowest BCUT2D eigenvalue weighted by atomic mass is 10.1. The minimum atomic E-state index is -0.449. The first-order valence-corrected chi connectivity index (χ1v) is 7.52. The van der Waals surface area contributed by atoms with Crippen LogP contribution in [0.25, 0.3) is 0 Å². The molecular formula is C16H20N2O4. The van der Waals surface area contributed by atoms with Gasteiger partial charge in [0.25, 0.3) is 0 Å². The SMILES string of the molecule is CC1OCCN2C(=O)CN(C(=O)OCc3ccccc3)CC12. The Kier molecular flexibility index (Phi) is 4.29. The average Bonchev–Trinajstić information content (AvgIpc) is 2.54.